The van der Waals surface area contributed by atoms with Crippen molar-refractivity contribution in [2.45, 2.75) is 0 Å². The second-order valence-corrected chi connectivity index (χ2v) is 19.4. The summed E-state index contributed by atoms with van der Waals surface area (Å²) in [6.07, 6.45) is 10.5. The smallest absolute Gasteiger partial charge is 0.181 e. The maximum atomic E-state index is 15.7. The van der Waals surface area contributed by atoms with E-state index in [1.807, 2.05) is 124 Å². The van der Waals surface area contributed by atoms with E-state index in [4.69, 9.17) is 25.8 Å². The lowest BCUT2D eigenvalue weighted by Gasteiger charge is -2.20. The summed E-state index contributed by atoms with van der Waals surface area (Å²) in [7, 11) is 9.85. The van der Waals surface area contributed by atoms with Crippen LogP contribution in [0.4, 0.5) is 31.5 Å². The highest BCUT2D eigenvalue weighted by molar-refractivity contribution is 5.99. The number of likely N-dealkylation sites (N-methyl/N-ethyl adjacent to an activating group) is 2. The highest BCUT2D eigenvalue weighted by atomic mass is 19.1. The van der Waals surface area contributed by atoms with Crippen LogP contribution in [0.25, 0.3) is 112 Å². The number of fused-ring (bicyclic) bond motifs is 4. The molecule has 0 atom stereocenters. The zero-order valence-corrected chi connectivity index (χ0v) is 42.7. The van der Waals surface area contributed by atoms with E-state index >= 15 is 8.78 Å². The Labute approximate surface area is 440 Å². The zero-order chi connectivity index (χ0) is 52.9. The highest BCUT2D eigenvalue weighted by Gasteiger charge is 2.22. The van der Waals surface area contributed by atoms with Gasteiger partial charge in [0, 0.05) is 117 Å². The van der Waals surface area contributed by atoms with Gasteiger partial charge in [-0.25, -0.2) is 28.7 Å². The SMILES string of the molecule is CN(C)CCNc1cc(F)cc(-c2cccc3[nH]c(-c4nn(N(C)CCNc5cc(F)cc(-c6cccc7[nH]c(-c8[nH]nc9ncc(-c%10cncc(N(C)C)c%10)cc89)nc67)c5)c5ncc(-c6cncc(N)c6)cc45)nc23)c1. The quantitative estimate of drug-likeness (QED) is 0.0532. The van der Waals surface area contributed by atoms with Crippen LogP contribution in [0, 0.1) is 11.6 Å². The van der Waals surface area contributed by atoms with Crippen molar-refractivity contribution < 1.29 is 8.78 Å². The van der Waals surface area contributed by atoms with Crippen LogP contribution in [0.5, 0.6) is 0 Å². The first-order valence-electron chi connectivity index (χ1n) is 24.9. The monoisotopic (exact) mass is 1030 g/mol. The number of hydrogen-bond acceptors (Lipinski definition) is 14. The molecule has 18 nitrogen and oxygen atoms in total. The molecule has 77 heavy (non-hydrogen) atoms. The lowest BCUT2D eigenvalue weighted by Crippen LogP contribution is -2.35. The van der Waals surface area contributed by atoms with Crippen molar-refractivity contribution >= 4 is 66.9 Å². The fourth-order valence-electron chi connectivity index (χ4n) is 9.58. The number of hydrogen-bond donors (Lipinski definition) is 6. The first-order valence-corrected chi connectivity index (χ1v) is 24.9. The van der Waals surface area contributed by atoms with Crippen LogP contribution in [-0.2, 0) is 0 Å². The third-order valence-electron chi connectivity index (χ3n) is 13.5. The van der Waals surface area contributed by atoms with Crippen molar-refractivity contribution in [1.82, 2.24) is 64.9 Å². The number of nitrogens with two attached hydrogens (primary N) is 1. The Hall–Kier alpha value is -9.82. The van der Waals surface area contributed by atoms with Crippen LogP contribution < -0.4 is 26.3 Å². The Morgan fingerprint density at radius 3 is 1.86 bits per heavy atom. The molecule has 0 fully saturated rings. The van der Waals surface area contributed by atoms with Crippen LogP contribution in [0.15, 0.2) is 134 Å². The molecule has 8 heterocycles. The molecule has 7 N–H and O–H groups in total. The molecule has 0 saturated heterocycles. The summed E-state index contributed by atoms with van der Waals surface area (Å²) < 4.78 is 30.8. The summed E-state index contributed by atoms with van der Waals surface area (Å²) in [6.45, 7) is 2.29. The predicted molar refractivity (Wildman–Crippen MR) is 302 cm³/mol. The van der Waals surface area contributed by atoms with Gasteiger partial charge in [-0.05, 0) is 98.0 Å². The molecule has 0 spiro atoms. The summed E-state index contributed by atoms with van der Waals surface area (Å²) in [5.74, 6) is 0.315. The molecule has 0 unspecified atom stereocenters. The van der Waals surface area contributed by atoms with E-state index < -0.39 is 5.82 Å². The third-order valence-corrected chi connectivity index (χ3v) is 13.5. The van der Waals surface area contributed by atoms with Crippen LogP contribution in [0.1, 0.15) is 0 Å². The second-order valence-electron chi connectivity index (χ2n) is 19.4. The van der Waals surface area contributed by atoms with Crippen LogP contribution in [0.2, 0.25) is 0 Å². The molecule has 0 amide bonds. The van der Waals surface area contributed by atoms with Gasteiger partial charge < -0.3 is 36.1 Å². The fraction of sp³-hybridized carbons (Fsp3) is 0.158. The van der Waals surface area contributed by atoms with Gasteiger partial charge in [-0.15, -0.1) is 5.10 Å². The maximum absolute atomic E-state index is 15.7. The molecule has 0 radical (unpaired) electrons. The topological polar surface area (TPSA) is 215 Å². The molecule has 0 aliphatic heterocycles. The van der Waals surface area contributed by atoms with Crippen molar-refractivity contribution in [2.24, 2.45) is 0 Å². The fourth-order valence-corrected chi connectivity index (χ4v) is 9.58. The van der Waals surface area contributed by atoms with Gasteiger partial charge in [0.05, 0.1) is 57.0 Å². The number of nitrogen functional groups attached to an aromatic ring is 1. The van der Waals surface area contributed by atoms with Crippen LogP contribution in [0.3, 0.4) is 0 Å². The standard InChI is InChI=1S/C57H52F2N18/c1-74(2)14-12-63-41-19-32(16-38(58)24-41)45-9-7-11-49-51(45)70-56(68-49)53-47-23-37(34-18-40(60)30-61-26-34)29-66-57(47)77(73-53)76(5)15-13-64-42-20-33(17-39(59)25-42)44-8-6-10-48-50(44)69-55(67-48)52-46-22-36(28-65-54(46)72-71-52)35-21-43(75(3)4)31-62-27-35/h6-11,16-31,63-64H,12-15,60H2,1-5H3,(H,67,69)(H,68,70)(H,65,71,72). The van der Waals surface area contributed by atoms with Crippen molar-refractivity contribution in [3.8, 4) is 67.5 Å². The predicted octanol–water partition coefficient (Wildman–Crippen LogP) is 9.83. The average molecular weight is 1030 g/mol. The lowest BCUT2D eigenvalue weighted by molar-refractivity contribution is 0.425. The first-order chi connectivity index (χ1) is 37.4. The molecule has 12 aromatic rings. The summed E-state index contributed by atoms with van der Waals surface area (Å²) in [5.41, 5.74) is 20.4. The zero-order valence-electron chi connectivity index (χ0n) is 42.7. The van der Waals surface area contributed by atoms with E-state index in [0.29, 0.717) is 93.2 Å². The normalized spacial score (nSPS) is 11.7. The van der Waals surface area contributed by atoms with E-state index in [0.717, 1.165) is 67.4 Å². The molecule has 8 aromatic heterocycles. The van der Waals surface area contributed by atoms with Gasteiger partial charge in [0.25, 0.3) is 0 Å². The summed E-state index contributed by atoms with van der Waals surface area (Å²) in [4.78, 5) is 41.3. The number of para-hydroxylation sites is 2. The van der Waals surface area contributed by atoms with Gasteiger partial charge in [-0.3, -0.25) is 20.1 Å². The molecule has 0 aliphatic carbocycles. The maximum Gasteiger partial charge on any atom is 0.181 e. The molecule has 0 aliphatic rings. The summed E-state index contributed by atoms with van der Waals surface area (Å²) in [6, 6.07) is 29.4. The number of aromatic nitrogens is 12. The number of halogens is 2. The minimum absolute atomic E-state index is 0.354. The molecule has 4 aromatic carbocycles. The number of aromatic amines is 3. The number of H-pyrrole nitrogens is 3. The van der Waals surface area contributed by atoms with E-state index in [2.05, 4.69) is 56.7 Å². The van der Waals surface area contributed by atoms with Gasteiger partial charge in [0.1, 0.15) is 23.0 Å². The van der Waals surface area contributed by atoms with Crippen molar-refractivity contribution in [1.29, 1.82) is 0 Å². The Morgan fingerprint density at radius 1 is 0.597 bits per heavy atom. The number of rotatable bonds is 16. The number of pyridine rings is 4. The minimum Gasteiger partial charge on any atom is -0.397 e. The number of nitrogens with zero attached hydrogens (tertiary/aromatic N) is 12. The van der Waals surface area contributed by atoms with Crippen molar-refractivity contribution in [3.63, 3.8) is 0 Å². The van der Waals surface area contributed by atoms with Crippen LogP contribution >= 0.6 is 0 Å². The van der Waals surface area contributed by atoms with E-state index in [9.17, 15) is 0 Å². The largest absolute Gasteiger partial charge is 0.397 e. The van der Waals surface area contributed by atoms with Gasteiger partial charge >= 0.3 is 0 Å². The minimum atomic E-state index is -0.404. The van der Waals surface area contributed by atoms with Gasteiger partial charge in [0.2, 0.25) is 0 Å². The number of benzene rings is 4. The van der Waals surface area contributed by atoms with E-state index in [1.54, 1.807) is 29.6 Å². The Morgan fingerprint density at radius 2 is 1.19 bits per heavy atom. The van der Waals surface area contributed by atoms with Crippen LogP contribution in [-0.4, -0.2) is 126 Å². The van der Waals surface area contributed by atoms with Gasteiger partial charge in [-0.1, -0.05) is 24.3 Å². The molecular formula is C57H52F2N18. The van der Waals surface area contributed by atoms with Gasteiger partial charge in [0.15, 0.2) is 22.9 Å². The molecule has 20 heteroatoms. The Kier molecular flexibility index (Phi) is 12.4. The number of imidazole rings is 2. The highest BCUT2D eigenvalue weighted by Crippen LogP contribution is 2.37. The van der Waals surface area contributed by atoms with Gasteiger partial charge in [-0.2, -0.15) is 9.89 Å². The molecule has 384 valence electrons. The van der Waals surface area contributed by atoms with Crippen molar-refractivity contribution in [3.05, 3.63) is 146 Å². The van der Waals surface area contributed by atoms with E-state index in [1.165, 1.54) is 24.3 Å². The van der Waals surface area contributed by atoms with Crippen molar-refractivity contribution in [2.75, 3.05) is 87.7 Å². The average Bonchev–Trinajstić information content (AvgIpc) is 4.34. The third kappa shape index (κ3) is 9.52. The lowest BCUT2D eigenvalue weighted by atomic mass is 10.0. The molecule has 0 bridgehead atoms. The summed E-state index contributed by atoms with van der Waals surface area (Å²) in [5, 5.41) is 23.0. The molecular weight excluding hydrogens is 975 g/mol. The first kappa shape index (κ1) is 48.1. The molecule has 12 rings (SSSR count). The Bertz CT molecular complexity index is 4170. The number of nitrogens with one attached hydrogen (secondary N) is 5. The molecule has 0 saturated carbocycles. The Balaban J connectivity index is 0.824. The second kappa shape index (κ2) is 19.8. The summed E-state index contributed by atoms with van der Waals surface area (Å²) >= 11 is 0. The van der Waals surface area contributed by atoms with E-state index in [-0.39, 0.29) is 5.82 Å². The number of anilines is 4.